The molecule has 0 aromatic carbocycles. The van der Waals surface area contributed by atoms with Gasteiger partial charge in [-0.1, -0.05) is 12.8 Å². The number of Topliss-reactive ketones (excluding diaryl/α,β-unsaturated/α-hetero) is 1. The Morgan fingerprint density at radius 1 is 1.22 bits per heavy atom. The van der Waals surface area contributed by atoms with Crippen LogP contribution in [0.2, 0.25) is 0 Å². The number of nitrogens with one attached hydrogen (secondary N) is 1. The van der Waals surface area contributed by atoms with Crippen LogP contribution in [-0.4, -0.2) is 52.5 Å². The summed E-state index contributed by atoms with van der Waals surface area (Å²) in [5.74, 6) is 0.802. The van der Waals surface area contributed by atoms with Crippen LogP contribution in [0, 0.1) is 12.8 Å². The molecular formula is C16H24N4O3. The molecule has 0 spiro atoms. The van der Waals surface area contributed by atoms with Crippen LogP contribution < -0.4 is 5.32 Å². The van der Waals surface area contributed by atoms with E-state index in [1.807, 2.05) is 0 Å². The molecule has 7 heteroatoms. The summed E-state index contributed by atoms with van der Waals surface area (Å²) >= 11 is 0. The van der Waals surface area contributed by atoms with Gasteiger partial charge in [-0.3, -0.25) is 9.59 Å². The first-order valence-corrected chi connectivity index (χ1v) is 8.49. The van der Waals surface area contributed by atoms with E-state index in [0.29, 0.717) is 31.3 Å². The Morgan fingerprint density at radius 2 is 2.00 bits per heavy atom. The zero-order valence-corrected chi connectivity index (χ0v) is 13.6. The van der Waals surface area contributed by atoms with Crippen molar-refractivity contribution >= 4 is 11.7 Å². The summed E-state index contributed by atoms with van der Waals surface area (Å²) in [6, 6.07) is -0.462. The molecule has 0 radical (unpaired) electrons. The summed E-state index contributed by atoms with van der Waals surface area (Å²) in [6.45, 7) is 3.45. The van der Waals surface area contributed by atoms with E-state index in [1.165, 1.54) is 25.7 Å². The van der Waals surface area contributed by atoms with E-state index in [9.17, 15) is 9.59 Å². The molecule has 7 nitrogen and oxygen atoms in total. The number of carbonyl (C=O) groups is 2. The van der Waals surface area contributed by atoms with Crippen molar-refractivity contribution in [3.8, 4) is 0 Å². The molecule has 23 heavy (non-hydrogen) atoms. The molecule has 1 saturated heterocycles. The molecule has 0 bridgehead atoms. The first kappa shape index (κ1) is 16.1. The predicted octanol–water partition coefficient (Wildman–Crippen LogP) is 1.33. The summed E-state index contributed by atoms with van der Waals surface area (Å²) in [4.78, 5) is 26.5. The predicted molar refractivity (Wildman–Crippen MR) is 82.9 cm³/mol. The highest BCUT2D eigenvalue weighted by Gasteiger charge is 2.36. The molecule has 1 N–H and O–H groups in total. The highest BCUT2D eigenvalue weighted by atomic mass is 16.4. The monoisotopic (exact) mass is 320 g/mol. The van der Waals surface area contributed by atoms with E-state index in [0.717, 1.165) is 13.0 Å². The fourth-order valence-corrected chi connectivity index (χ4v) is 3.58. The number of hydrogen-bond acceptors (Lipinski definition) is 6. The average Bonchev–Trinajstić information content (AvgIpc) is 3.27. The molecule has 1 amide bonds. The second-order valence-corrected chi connectivity index (χ2v) is 6.52. The van der Waals surface area contributed by atoms with Gasteiger partial charge in [0.1, 0.15) is 6.04 Å². The largest absolute Gasteiger partial charge is 0.419 e. The molecule has 1 aromatic rings. The zero-order chi connectivity index (χ0) is 16.2. The van der Waals surface area contributed by atoms with Gasteiger partial charge < -0.3 is 14.6 Å². The van der Waals surface area contributed by atoms with Gasteiger partial charge in [0.05, 0.1) is 6.54 Å². The second-order valence-electron chi connectivity index (χ2n) is 6.52. The maximum Gasteiger partial charge on any atom is 0.286 e. The number of rotatable bonds is 6. The Morgan fingerprint density at radius 3 is 2.70 bits per heavy atom. The van der Waals surface area contributed by atoms with Gasteiger partial charge in [0.25, 0.3) is 5.89 Å². The van der Waals surface area contributed by atoms with Gasteiger partial charge in [0, 0.05) is 13.5 Å². The van der Waals surface area contributed by atoms with Crippen molar-refractivity contribution in [2.45, 2.75) is 51.5 Å². The van der Waals surface area contributed by atoms with Crippen LogP contribution in [-0.2, 0) is 4.79 Å². The van der Waals surface area contributed by atoms with Crippen LogP contribution in [0.1, 0.15) is 55.1 Å². The van der Waals surface area contributed by atoms with Crippen LogP contribution >= 0.6 is 0 Å². The van der Waals surface area contributed by atoms with Gasteiger partial charge >= 0.3 is 0 Å². The summed E-state index contributed by atoms with van der Waals surface area (Å²) < 4.78 is 5.21. The molecule has 1 aromatic heterocycles. The first-order valence-electron chi connectivity index (χ1n) is 8.49. The van der Waals surface area contributed by atoms with Crippen molar-refractivity contribution in [1.29, 1.82) is 0 Å². The Labute approximate surface area is 135 Å². The highest BCUT2D eigenvalue weighted by molar-refractivity contribution is 5.98. The van der Waals surface area contributed by atoms with E-state index in [4.69, 9.17) is 4.42 Å². The smallest absolute Gasteiger partial charge is 0.286 e. The fourth-order valence-electron chi connectivity index (χ4n) is 3.58. The van der Waals surface area contributed by atoms with Crippen molar-refractivity contribution in [2.24, 2.45) is 5.92 Å². The molecule has 2 aliphatic rings. The van der Waals surface area contributed by atoms with Gasteiger partial charge in [0.2, 0.25) is 17.6 Å². The van der Waals surface area contributed by atoms with Crippen LogP contribution in [0.15, 0.2) is 4.42 Å². The minimum Gasteiger partial charge on any atom is -0.419 e. The minimum atomic E-state index is -0.462. The molecule has 1 atom stereocenters. The molecule has 1 aliphatic heterocycles. The first-order chi connectivity index (χ1) is 11.1. The molecule has 126 valence electrons. The third kappa shape index (κ3) is 3.77. The number of likely N-dealkylation sites (tertiary alicyclic amines) is 1. The lowest BCUT2D eigenvalue weighted by Crippen LogP contribution is -2.45. The van der Waals surface area contributed by atoms with Crippen molar-refractivity contribution in [1.82, 2.24) is 20.4 Å². The number of ketones is 1. The molecule has 1 unspecified atom stereocenters. The van der Waals surface area contributed by atoms with Crippen molar-refractivity contribution in [3.63, 3.8) is 0 Å². The third-order valence-corrected chi connectivity index (χ3v) is 4.80. The number of aryl methyl sites for hydroxylation is 1. The van der Waals surface area contributed by atoms with Crippen LogP contribution in [0.4, 0.5) is 0 Å². The molecule has 2 fully saturated rings. The number of amides is 1. The molecular weight excluding hydrogens is 296 g/mol. The fraction of sp³-hybridized carbons (Fsp3) is 0.750. The Kier molecular flexibility index (Phi) is 5.05. The van der Waals surface area contributed by atoms with E-state index in [2.05, 4.69) is 15.5 Å². The average molecular weight is 320 g/mol. The second kappa shape index (κ2) is 7.21. The lowest BCUT2D eigenvalue weighted by molar-refractivity contribution is -0.130. The van der Waals surface area contributed by atoms with E-state index in [-0.39, 0.29) is 17.6 Å². The van der Waals surface area contributed by atoms with E-state index in [1.54, 1.807) is 11.8 Å². The zero-order valence-electron chi connectivity index (χ0n) is 13.6. The SMILES string of the molecule is Cc1nnc(C(=O)C2CCCN2C(=O)CNCC2CCCC2)o1. The molecule has 1 aliphatic carbocycles. The Hall–Kier alpha value is -1.76. The van der Waals surface area contributed by atoms with Gasteiger partial charge in [0.15, 0.2) is 0 Å². The Bertz CT molecular complexity index is 565. The topological polar surface area (TPSA) is 88.3 Å². The summed E-state index contributed by atoms with van der Waals surface area (Å²) in [7, 11) is 0. The number of hydrogen-bond donors (Lipinski definition) is 1. The lowest BCUT2D eigenvalue weighted by atomic mass is 10.1. The molecule has 3 rings (SSSR count). The van der Waals surface area contributed by atoms with E-state index < -0.39 is 6.04 Å². The Balaban J connectivity index is 1.53. The van der Waals surface area contributed by atoms with Gasteiger partial charge in [-0.2, -0.15) is 0 Å². The number of carbonyl (C=O) groups excluding carboxylic acids is 2. The van der Waals surface area contributed by atoms with Gasteiger partial charge in [-0.25, -0.2) is 0 Å². The van der Waals surface area contributed by atoms with Crippen molar-refractivity contribution < 1.29 is 14.0 Å². The quantitative estimate of drug-likeness (QED) is 0.796. The molecule has 2 heterocycles. The van der Waals surface area contributed by atoms with E-state index >= 15 is 0 Å². The highest BCUT2D eigenvalue weighted by Crippen LogP contribution is 2.24. The maximum absolute atomic E-state index is 12.4. The third-order valence-electron chi connectivity index (χ3n) is 4.80. The van der Waals surface area contributed by atoms with Gasteiger partial charge in [-0.15, -0.1) is 10.2 Å². The minimum absolute atomic E-state index is 0.00566. The maximum atomic E-state index is 12.4. The van der Waals surface area contributed by atoms with Crippen molar-refractivity contribution in [3.05, 3.63) is 11.8 Å². The number of nitrogens with zero attached hydrogens (tertiary/aromatic N) is 3. The standard InChI is InChI=1S/C16H24N4O3/c1-11-18-19-16(23-11)15(22)13-7-4-8-20(13)14(21)10-17-9-12-5-2-3-6-12/h12-13,17H,2-10H2,1H3. The summed E-state index contributed by atoms with van der Waals surface area (Å²) in [6.07, 6.45) is 6.59. The lowest BCUT2D eigenvalue weighted by Gasteiger charge is -2.23. The van der Waals surface area contributed by atoms with Crippen LogP contribution in [0.25, 0.3) is 0 Å². The van der Waals surface area contributed by atoms with Crippen LogP contribution in [0.3, 0.4) is 0 Å². The van der Waals surface area contributed by atoms with Crippen molar-refractivity contribution in [2.75, 3.05) is 19.6 Å². The van der Waals surface area contributed by atoms with Gasteiger partial charge in [-0.05, 0) is 38.1 Å². The number of aromatic nitrogens is 2. The summed E-state index contributed by atoms with van der Waals surface area (Å²) in [5, 5.41) is 10.7. The van der Waals surface area contributed by atoms with Crippen LogP contribution in [0.5, 0.6) is 0 Å². The normalized spacial score (nSPS) is 22.0. The summed E-state index contributed by atoms with van der Waals surface area (Å²) in [5.41, 5.74) is 0. The molecule has 1 saturated carbocycles.